The molecule has 5 rings (SSSR count). The summed E-state index contributed by atoms with van der Waals surface area (Å²) < 4.78 is 37.1. The molecular formula is C38H44N2O12S. The number of benzene rings is 3. The number of amides is 1. The highest BCUT2D eigenvalue weighted by Crippen LogP contribution is 2.32. The van der Waals surface area contributed by atoms with Crippen LogP contribution in [0.5, 0.6) is 5.75 Å². The smallest absolute Gasteiger partial charge is 0.336 e. The lowest BCUT2D eigenvalue weighted by molar-refractivity contribution is -0.170. The van der Waals surface area contributed by atoms with Crippen molar-refractivity contribution in [2.45, 2.75) is 62.1 Å². The molecule has 0 unspecified atom stereocenters. The first kappa shape index (κ1) is 40.7. The molecular weight excluding hydrogens is 708 g/mol. The highest BCUT2D eigenvalue weighted by molar-refractivity contribution is 7.91. The number of carbonyl (C=O) groups is 4. The van der Waals surface area contributed by atoms with E-state index in [0.717, 1.165) is 49.5 Å². The van der Waals surface area contributed by atoms with Crippen LogP contribution in [0.1, 0.15) is 50.2 Å². The molecule has 2 aliphatic rings. The molecule has 0 atom stereocenters. The van der Waals surface area contributed by atoms with Gasteiger partial charge in [-0.2, -0.15) is 0 Å². The van der Waals surface area contributed by atoms with Crippen LogP contribution in [-0.4, -0.2) is 102 Å². The number of nitrogens with zero attached hydrogens (tertiary/aromatic N) is 1. The van der Waals surface area contributed by atoms with E-state index in [0.29, 0.717) is 29.5 Å². The van der Waals surface area contributed by atoms with Crippen LogP contribution in [0.15, 0.2) is 77.2 Å². The van der Waals surface area contributed by atoms with Gasteiger partial charge in [-0.25, -0.2) is 13.2 Å². The number of nitrogens with one attached hydrogen (secondary N) is 1. The van der Waals surface area contributed by atoms with Crippen molar-refractivity contribution in [3.05, 3.63) is 83.4 Å². The first-order chi connectivity index (χ1) is 25.1. The number of aliphatic hydroxyl groups is 1. The molecule has 0 aliphatic carbocycles. The van der Waals surface area contributed by atoms with Crippen molar-refractivity contribution in [2.75, 3.05) is 37.9 Å². The third-order valence-electron chi connectivity index (χ3n) is 8.85. The fourth-order valence-electron chi connectivity index (χ4n) is 5.99. The van der Waals surface area contributed by atoms with Crippen molar-refractivity contribution in [1.29, 1.82) is 0 Å². The summed E-state index contributed by atoms with van der Waals surface area (Å²) in [5.74, 6) is -4.64. The number of fused-ring (bicyclic) bond motifs is 1. The second kappa shape index (κ2) is 18.1. The maximum Gasteiger partial charge on any atom is 0.336 e. The second-order valence-electron chi connectivity index (χ2n) is 12.8. The van der Waals surface area contributed by atoms with Gasteiger partial charge in [-0.05, 0) is 98.0 Å². The standard InChI is InChI=1S/C32H36N2O5S.C6H8O7/c1-3-39-30-11-6-24(7-12-30)25-8-13-31-27(20-25)21-26(16-19-40(31,36)37)32(35)33-28-9-4-23(5-10-28)22-34(2)29-14-17-38-18-15-29;7-3(8)1-6(13,5(11)12)2-4(9)10/h4-13,20-21,29H,3,14-19,22H2,1-2H3,(H,33,35);13H,1-2H2,(H,7,8)(H,9,10)(H,11,12). The van der Waals surface area contributed by atoms with E-state index in [-0.39, 0.29) is 23.0 Å². The number of carbonyl (C=O) groups excluding carboxylic acids is 1. The molecule has 5 N–H and O–H groups in total. The molecule has 0 radical (unpaired) electrons. The molecule has 0 bridgehead atoms. The zero-order chi connectivity index (χ0) is 38.8. The van der Waals surface area contributed by atoms with Crippen LogP contribution in [0.4, 0.5) is 5.69 Å². The van der Waals surface area contributed by atoms with Crippen LogP contribution in [0, 0.1) is 0 Å². The topological polar surface area (TPSA) is 217 Å². The van der Waals surface area contributed by atoms with E-state index in [1.807, 2.05) is 67.6 Å². The zero-order valence-corrected chi connectivity index (χ0v) is 30.3. The lowest BCUT2D eigenvalue weighted by atomic mass is 9.96. The maximum absolute atomic E-state index is 13.3. The highest BCUT2D eigenvalue weighted by Gasteiger charge is 2.40. The van der Waals surface area contributed by atoms with Crippen LogP contribution in [0.2, 0.25) is 0 Å². The van der Waals surface area contributed by atoms with Gasteiger partial charge in [-0.15, -0.1) is 0 Å². The minimum Gasteiger partial charge on any atom is -0.494 e. The summed E-state index contributed by atoms with van der Waals surface area (Å²) in [4.78, 5) is 46.3. The van der Waals surface area contributed by atoms with Gasteiger partial charge in [0.25, 0.3) is 5.91 Å². The van der Waals surface area contributed by atoms with E-state index in [9.17, 15) is 27.6 Å². The van der Waals surface area contributed by atoms with Gasteiger partial charge < -0.3 is 35.2 Å². The quantitative estimate of drug-likeness (QED) is 0.165. The van der Waals surface area contributed by atoms with E-state index in [1.54, 1.807) is 12.1 Å². The van der Waals surface area contributed by atoms with Gasteiger partial charge in [0, 0.05) is 37.1 Å². The van der Waals surface area contributed by atoms with Gasteiger partial charge in [0.05, 0.1) is 30.1 Å². The van der Waals surface area contributed by atoms with Gasteiger partial charge in [0.1, 0.15) is 5.75 Å². The molecule has 0 spiro atoms. The van der Waals surface area contributed by atoms with Gasteiger partial charge in [-0.3, -0.25) is 19.3 Å². The monoisotopic (exact) mass is 752 g/mol. The van der Waals surface area contributed by atoms with Gasteiger partial charge in [-0.1, -0.05) is 30.3 Å². The summed E-state index contributed by atoms with van der Waals surface area (Å²) in [7, 11) is -1.39. The second-order valence-corrected chi connectivity index (χ2v) is 14.9. The number of carboxylic acid groups (broad SMARTS) is 3. The van der Waals surface area contributed by atoms with Crippen molar-refractivity contribution >= 4 is 45.4 Å². The predicted octanol–water partition coefficient (Wildman–Crippen LogP) is 4.31. The largest absolute Gasteiger partial charge is 0.494 e. The fraction of sp³-hybridized carbons (Fsp3) is 0.368. The summed E-state index contributed by atoms with van der Waals surface area (Å²) in [6.45, 7) is 4.97. The average Bonchev–Trinajstić information content (AvgIpc) is 3.24. The Morgan fingerprint density at radius 1 is 0.906 bits per heavy atom. The first-order valence-corrected chi connectivity index (χ1v) is 18.6. The molecule has 2 heterocycles. The minimum absolute atomic E-state index is 0.112. The number of aliphatic carboxylic acids is 3. The Morgan fingerprint density at radius 3 is 2.08 bits per heavy atom. The van der Waals surface area contributed by atoms with Crippen molar-refractivity contribution in [2.24, 2.45) is 0 Å². The zero-order valence-electron chi connectivity index (χ0n) is 29.5. The Hall–Kier alpha value is -5.09. The fourth-order valence-corrected chi connectivity index (χ4v) is 7.45. The van der Waals surface area contributed by atoms with Crippen molar-refractivity contribution in [3.63, 3.8) is 0 Å². The molecule has 0 saturated carbocycles. The Balaban J connectivity index is 0.000000413. The van der Waals surface area contributed by atoms with Crippen molar-refractivity contribution in [1.82, 2.24) is 4.90 Å². The van der Waals surface area contributed by atoms with Crippen LogP contribution >= 0.6 is 0 Å². The Morgan fingerprint density at radius 2 is 1.51 bits per heavy atom. The lowest BCUT2D eigenvalue weighted by Gasteiger charge is -2.31. The molecule has 53 heavy (non-hydrogen) atoms. The Bertz CT molecular complexity index is 1900. The number of sulfone groups is 1. The predicted molar refractivity (Wildman–Crippen MR) is 195 cm³/mol. The molecule has 1 saturated heterocycles. The number of rotatable bonds is 13. The SMILES string of the molecule is CCOc1ccc(-c2ccc3c(c2)C=C(C(=O)Nc2ccc(CN(C)C4CCOCC4)cc2)CCS3(=O)=O)cc1.O=C(O)CC(O)(CC(=O)O)C(=O)O. The van der Waals surface area contributed by atoms with Crippen LogP contribution in [-0.2, 0) is 40.3 Å². The van der Waals surface area contributed by atoms with Crippen LogP contribution in [0.25, 0.3) is 17.2 Å². The van der Waals surface area contributed by atoms with E-state index in [4.69, 9.17) is 29.9 Å². The van der Waals surface area contributed by atoms with Gasteiger partial charge in [0.15, 0.2) is 15.4 Å². The highest BCUT2D eigenvalue weighted by atomic mass is 32.2. The number of hydrogen-bond acceptors (Lipinski definition) is 10. The summed E-state index contributed by atoms with van der Waals surface area (Å²) >= 11 is 0. The third kappa shape index (κ3) is 11.4. The summed E-state index contributed by atoms with van der Waals surface area (Å²) in [5, 5.41) is 36.8. The third-order valence-corrected chi connectivity index (χ3v) is 10.6. The number of hydrogen-bond donors (Lipinski definition) is 5. The molecule has 3 aromatic rings. The molecule has 1 fully saturated rings. The summed E-state index contributed by atoms with van der Waals surface area (Å²) in [6, 6.07) is 21.3. The van der Waals surface area contributed by atoms with Gasteiger partial charge >= 0.3 is 17.9 Å². The van der Waals surface area contributed by atoms with E-state index in [1.165, 1.54) is 5.56 Å². The van der Waals surface area contributed by atoms with Crippen LogP contribution < -0.4 is 10.1 Å². The minimum atomic E-state index is -3.52. The van der Waals surface area contributed by atoms with E-state index in [2.05, 4.69) is 17.3 Å². The maximum atomic E-state index is 13.3. The Labute approximate surface area is 307 Å². The molecule has 0 aromatic heterocycles. The molecule has 2 aliphatic heterocycles. The average molecular weight is 753 g/mol. The molecule has 15 heteroatoms. The molecule has 284 valence electrons. The number of carboxylic acids is 3. The lowest BCUT2D eigenvalue weighted by Crippen LogP contribution is -2.42. The molecule has 14 nitrogen and oxygen atoms in total. The summed E-state index contributed by atoms with van der Waals surface area (Å²) in [5.41, 5.74) is 1.89. The normalized spacial score (nSPS) is 15.5. The molecule has 3 aromatic carbocycles. The Kier molecular flexibility index (Phi) is 13.9. The number of anilines is 1. The first-order valence-electron chi connectivity index (χ1n) is 17.0. The van der Waals surface area contributed by atoms with Crippen molar-refractivity contribution in [3.8, 4) is 16.9 Å². The van der Waals surface area contributed by atoms with Crippen molar-refractivity contribution < 1.29 is 57.5 Å². The molecule has 1 amide bonds. The van der Waals surface area contributed by atoms with E-state index < -0.39 is 46.2 Å². The van der Waals surface area contributed by atoms with Gasteiger partial charge in [0.2, 0.25) is 0 Å². The number of ether oxygens (including phenoxy) is 2. The van der Waals surface area contributed by atoms with E-state index >= 15 is 0 Å². The summed E-state index contributed by atoms with van der Waals surface area (Å²) in [6.07, 6.45) is 1.66. The van der Waals surface area contributed by atoms with Crippen LogP contribution in [0.3, 0.4) is 0 Å².